The molecule has 1 nitrogen and oxygen atoms in total. The van der Waals surface area contributed by atoms with Crippen LogP contribution in [0.2, 0.25) is 0 Å². The Morgan fingerprint density at radius 3 is 2.53 bits per heavy atom. The van der Waals surface area contributed by atoms with Crippen molar-refractivity contribution in [3.8, 4) is 0 Å². The van der Waals surface area contributed by atoms with Crippen LogP contribution in [0.3, 0.4) is 0 Å². The van der Waals surface area contributed by atoms with Crippen LogP contribution in [0, 0.1) is 5.92 Å². The molecule has 1 heteroatoms. The monoisotopic (exact) mass is 255 g/mol. The van der Waals surface area contributed by atoms with Gasteiger partial charge in [-0.2, -0.15) is 0 Å². The number of fused-ring (bicyclic) bond motifs is 2. The topological polar surface area (TPSA) is 3.24 Å². The fraction of sp³-hybridized carbons (Fsp3) is 0.556. The van der Waals surface area contributed by atoms with Gasteiger partial charge in [-0.3, -0.25) is 0 Å². The molecular weight excluding hydrogens is 230 g/mol. The summed E-state index contributed by atoms with van der Waals surface area (Å²) < 4.78 is 0. The molecule has 1 saturated carbocycles. The maximum absolute atomic E-state index is 2.62. The van der Waals surface area contributed by atoms with Gasteiger partial charge < -0.3 is 4.90 Å². The van der Waals surface area contributed by atoms with Gasteiger partial charge in [0.05, 0.1) is 0 Å². The molecule has 1 unspecified atom stereocenters. The van der Waals surface area contributed by atoms with E-state index in [-0.39, 0.29) is 0 Å². The Balaban J connectivity index is 2.01. The lowest BCUT2D eigenvalue weighted by atomic mass is 9.81. The van der Waals surface area contributed by atoms with E-state index in [0.29, 0.717) is 11.3 Å². The Morgan fingerprint density at radius 2 is 1.84 bits per heavy atom. The summed E-state index contributed by atoms with van der Waals surface area (Å²) in [5.41, 5.74) is 5.10. The van der Waals surface area contributed by atoms with E-state index in [1.165, 1.54) is 31.2 Å². The maximum Gasteiger partial charge on any atom is 0.0144 e. The summed E-state index contributed by atoms with van der Waals surface area (Å²) in [6.07, 6.45) is 8.10. The van der Waals surface area contributed by atoms with Crippen molar-refractivity contribution < 1.29 is 0 Å². The molecular formula is C18H25N. The van der Waals surface area contributed by atoms with Crippen LogP contribution < -0.4 is 0 Å². The lowest BCUT2D eigenvalue weighted by Gasteiger charge is -2.22. The Bertz CT molecular complexity index is 492. The van der Waals surface area contributed by atoms with Crippen LogP contribution >= 0.6 is 0 Å². The molecule has 1 spiro atoms. The molecule has 0 heterocycles. The average molecular weight is 255 g/mol. The molecule has 2 aliphatic carbocycles. The molecule has 0 amide bonds. The highest BCUT2D eigenvalue weighted by atomic mass is 15.1. The zero-order valence-electron chi connectivity index (χ0n) is 12.4. The van der Waals surface area contributed by atoms with Crippen molar-refractivity contribution >= 4 is 5.57 Å². The van der Waals surface area contributed by atoms with Crippen molar-refractivity contribution in [2.24, 2.45) is 5.92 Å². The first-order valence-corrected chi connectivity index (χ1v) is 7.60. The van der Waals surface area contributed by atoms with Gasteiger partial charge in [-0.05, 0) is 49.6 Å². The largest absolute Gasteiger partial charge is 0.309 e. The van der Waals surface area contributed by atoms with Crippen molar-refractivity contribution in [1.82, 2.24) is 4.90 Å². The highest BCUT2D eigenvalue weighted by Gasteiger charge is 2.40. The first-order chi connectivity index (χ1) is 9.12. The molecule has 1 aromatic carbocycles. The van der Waals surface area contributed by atoms with Crippen LogP contribution in [0.1, 0.15) is 43.7 Å². The van der Waals surface area contributed by atoms with E-state index < -0.39 is 0 Å². The number of allylic oxidation sites excluding steroid dienone is 1. The van der Waals surface area contributed by atoms with E-state index in [1.807, 2.05) is 0 Å². The fourth-order valence-corrected chi connectivity index (χ4v) is 4.10. The first-order valence-electron chi connectivity index (χ1n) is 7.60. The first kappa shape index (κ1) is 12.9. The van der Waals surface area contributed by atoms with Crippen LogP contribution in [-0.2, 0) is 5.41 Å². The van der Waals surface area contributed by atoms with Gasteiger partial charge in [0.15, 0.2) is 0 Å². The summed E-state index contributed by atoms with van der Waals surface area (Å²) >= 11 is 0. The molecule has 2 aliphatic rings. The number of nitrogens with zero attached hydrogens (tertiary/aromatic N) is 1. The predicted octanol–water partition coefficient (Wildman–Crippen LogP) is 4.09. The van der Waals surface area contributed by atoms with Crippen molar-refractivity contribution in [1.29, 1.82) is 0 Å². The molecule has 3 rings (SSSR count). The van der Waals surface area contributed by atoms with Crippen LogP contribution in [0.15, 0.2) is 30.3 Å². The predicted molar refractivity (Wildman–Crippen MR) is 82.3 cm³/mol. The van der Waals surface area contributed by atoms with E-state index in [9.17, 15) is 0 Å². The third kappa shape index (κ3) is 2.14. The van der Waals surface area contributed by atoms with Gasteiger partial charge in [-0.1, -0.05) is 50.1 Å². The second-order valence-corrected chi connectivity index (χ2v) is 6.67. The van der Waals surface area contributed by atoms with Crippen LogP contribution in [0.4, 0.5) is 0 Å². The highest BCUT2D eigenvalue weighted by molar-refractivity contribution is 5.78. The Kier molecular flexibility index (Phi) is 3.26. The summed E-state index contributed by atoms with van der Waals surface area (Å²) in [6, 6.07) is 9.11. The normalized spacial score (nSPS) is 21.8. The van der Waals surface area contributed by atoms with Gasteiger partial charge in [0, 0.05) is 12.0 Å². The molecule has 0 aromatic heterocycles. The second-order valence-electron chi connectivity index (χ2n) is 6.67. The van der Waals surface area contributed by atoms with E-state index in [0.717, 1.165) is 6.54 Å². The van der Waals surface area contributed by atoms with E-state index in [1.54, 1.807) is 11.1 Å². The molecule has 0 saturated heterocycles. The third-order valence-corrected chi connectivity index (χ3v) is 4.87. The van der Waals surface area contributed by atoms with E-state index in [4.69, 9.17) is 0 Å². The summed E-state index contributed by atoms with van der Waals surface area (Å²) in [5, 5.41) is 0. The molecule has 0 aliphatic heterocycles. The van der Waals surface area contributed by atoms with Crippen molar-refractivity contribution in [2.75, 3.05) is 20.6 Å². The Labute approximate surface area is 117 Å². The fourth-order valence-electron chi connectivity index (χ4n) is 4.10. The van der Waals surface area contributed by atoms with Gasteiger partial charge in [0.25, 0.3) is 0 Å². The minimum atomic E-state index is 0.381. The van der Waals surface area contributed by atoms with Gasteiger partial charge in [0.2, 0.25) is 0 Å². The minimum absolute atomic E-state index is 0.381. The summed E-state index contributed by atoms with van der Waals surface area (Å²) in [5.74, 6) is 0.621. The van der Waals surface area contributed by atoms with Crippen LogP contribution in [0.25, 0.3) is 5.57 Å². The number of hydrogen-bond donors (Lipinski definition) is 0. The zero-order chi connectivity index (χ0) is 13.5. The summed E-state index contributed by atoms with van der Waals surface area (Å²) in [6.45, 7) is 3.51. The number of rotatable bonds is 3. The van der Waals surface area contributed by atoms with E-state index >= 15 is 0 Å². The third-order valence-electron chi connectivity index (χ3n) is 4.87. The van der Waals surface area contributed by atoms with Crippen molar-refractivity contribution in [3.05, 3.63) is 41.5 Å². The molecule has 0 bridgehead atoms. The van der Waals surface area contributed by atoms with Gasteiger partial charge in [-0.25, -0.2) is 0 Å². The molecule has 1 atom stereocenters. The van der Waals surface area contributed by atoms with Gasteiger partial charge in [0.1, 0.15) is 0 Å². The van der Waals surface area contributed by atoms with Crippen molar-refractivity contribution in [3.63, 3.8) is 0 Å². The number of benzene rings is 1. The van der Waals surface area contributed by atoms with E-state index in [2.05, 4.69) is 56.3 Å². The molecule has 102 valence electrons. The van der Waals surface area contributed by atoms with Gasteiger partial charge >= 0.3 is 0 Å². The lowest BCUT2D eigenvalue weighted by Crippen LogP contribution is -2.20. The lowest BCUT2D eigenvalue weighted by molar-refractivity contribution is 0.376. The smallest absolute Gasteiger partial charge is 0.0144 e. The summed E-state index contributed by atoms with van der Waals surface area (Å²) in [4.78, 5) is 2.30. The molecule has 0 N–H and O–H groups in total. The van der Waals surface area contributed by atoms with Crippen molar-refractivity contribution in [2.45, 2.75) is 38.0 Å². The van der Waals surface area contributed by atoms with Gasteiger partial charge in [-0.15, -0.1) is 0 Å². The molecule has 19 heavy (non-hydrogen) atoms. The number of hydrogen-bond acceptors (Lipinski definition) is 1. The second kappa shape index (κ2) is 4.79. The molecule has 1 fully saturated rings. The standard InChI is InChI=1S/C18H25N/c1-14(13-19(2)3)16-12-18(10-6-7-11-18)17-9-5-4-8-15(16)17/h4-5,8-9,12,14H,6-7,10-11,13H2,1-3H3. The SMILES string of the molecule is CC(CN(C)C)C1=CC2(CCCC2)c2ccccc21. The quantitative estimate of drug-likeness (QED) is 0.786. The van der Waals surface area contributed by atoms with Crippen LogP contribution in [-0.4, -0.2) is 25.5 Å². The minimum Gasteiger partial charge on any atom is -0.309 e. The molecule has 0 radical (unpaired) electrons. The Morgan fingerprint density at radius 1 is 1.16 bits per heavy atom. The van der Waals surface area contributed by atoms with Crippen LogP contribution in [0.5, 0.6) is 0 Å². The maximum atomic E-state index is 2.62. The molecule has 1 aromatic rings. The highest BCUT2D eigenvalue weighted by Crippen LogP contribution is 2.51. The zero-order valence-corrected chi connectivity index (χ0v) is 12.4. The average Bonchev–Trinajstić information content (AvgIpc) is 2.97. The Hall–Kier alpha value is -1.08. The summed E-state index contributed by atoms with van der Waals surface area (Å²) in [7, 11) is 4.34.